The molecule has 0 spiro atoms. The van der Waals surface area contributed by atoms with E-state index in [9.17, 15) is 4.79 Å². The number of nitrogens with zero attached hydrogens (tertiary/aromatic N) is 1. The molecule has 17 heavy (non-hydrogen) atoms. The summed E-state index contributed by atoms with van der Waals surface area (Å²) in [6, 6.07) is 0.310. The second-order valence-corrected chi connectivity index (χ2v) is 4.75. The summed E-state index contributed by atoms with van der Waals surface area (Å²) >= 11 is 0. The number of hydrogen-bond acceptors (Lipinski definition) is 3. The smallest absolute Gasteiger partial charge is 0.223 e. The Balaban J connectivity index is 1.86. The Morgan fingerprint density at radius 2 is 2.53 bits per heavy atom. The number of amides is 1. The molecule has 0 fully saturated rings. The Kier molecular flexibility index (Phi) is 3.78. The summed E-state index contributed by atoms with van der Waals surface area (Å²) < 4.78 is 0. The van der Waals surface area contributed by atoms with Crippen LogP contribution < -0.4 is 10.6 Å². The van der Waals surface area contributed by atoms with E-state index in [0.717, 1.165) is 25.0 Å². The minimum absolute atomic E-state index is 0.0898. The standard InChI is InChI=1S/C12H20N4O/c1-8(13-2)6-14-12(17)9-3-4-10-7-15-16-11(10)5-9/h7-9,13H,3-6H2,1-2H3,(H,14,17)(H,15,16). The molecule has 0 saturated heterocycles. The molecule has 1 amide bonds. The van der Waals surface area contributed by atoms with Gasteiger partial charge in [0, 0.05) is 30.6 Å². The van der Waals surface area contributed by atoms with Gasteiger partial charge >= 0.3 is 0 Å². The zero-order valence-electron chi connectivity index (χ0n) is 10.4. The van der Waals surface area contributed by atoms with Gasteiger partial charge in [0.25, 0.3) is 0 Å². The normalized spacial score (nSPS) is 20.7. The Hall–Kier alpha value is -1.36. The first-order valence-electron chi connectivity index (χ1n) is 6.16. The van der Waals surface area contributed by atoms with Gasteiger partial charge in [0.15, 0.2) is 0 Å². The molecule has 0 saturated carbocycles. The molecule has 2 atom stereocenters. The Morgan fingerprint density at radius 3 is 3.29 bits per heavy atom. The average Bonchev–Trinajstić information content (AvgIpc) is 2.82. The van der Waals surface area contributed by atoms with Crippen LogP contribution in [0.25, 0.3) is 0 Å². The molecule has 0 aromatic carbocycles. The number of fused-ring (bicyclic) bond motifs is 1. The molecule has 1 aromatic rings. The lowest BCUT2D eigenvalue weighted by Crippen LogP contribution is -2.41. The van der Waals surface area contributed by atoms with Crippen molar-refractivity contribution < 1.29 is 4.79 Å². The van der Waals surface area contributed by atoms with Gasteiger partial charge in [-0.3, -0.25) is 9.89 Å². The van der Waals surface area contributed by atoms with Crippen molar-refractivity contribution in [2.45, 2.75) is 32.2 Å². The van der Waals surface area contributed by atoms with Crippen molar-refractivity contribution >= 4 is 5.91 Å². The predicted molar refractivity (Wildman–Crippen MR) is 65.6 cm³/mol. The van der Waals surface area contributed by atoms with Crippen molar-refractivity contribution in [1.29, 1.82) is 0 Å². The fraction of sp³-hybridized carbons (Fsp3) is 0.667. The highest BCUT2D eigenvalue weighted by molar-refractivity contribution is 5.79. The van der Waals surface area contributed by atoms with Gasteiger partial charge < -0.3 is 10.6 Å². The van der Waals surface area contributed by atoms with E-state index in [4.69, 9.17) is 0 Å². The molecule has 1 aliphatic carbocycles. The lowest BCUT2D eigenvalue weighted by molar-refractivity contribution is -0.125. The molecule has 1 heterocycles. The highest BCUT2D eigenvalue weighted by atomic mass is 16.1. The molecule has 94 valence electrons. The van der Waals surface area contributed by atoms with Gasteiger partial charge in [0.2, 0.25) is 5.91 Å². The second-order valence-electron chi connectivity index (χ2n) is 4.75. The minimum atomic E-state index is 0.0898. The topological polar surface area (TPSA) is 69.8 Å². The van der Waals surface area contributed by atoms with E-state index >= 15 is 0 Å². The molecule has 1 aliphatic rings. The average molecular weight is 236 g/mol. The quantitative estimate of drug-likeness (QED) is 0.701. The largest absolute Gasteiger partial charge is 0.354 e. The van der Waals surface area contributed by atoms with E-state index in [1.165, 1.54) is 5.56 Å². The van der Waals surface area contributed by atoms with Crippen molar-refractivity contribution in [3.05, 3.63) is 17.5 Å². The van der Waals surface area contributed by atoms with Gasteiger partial charge in [-0.05, 0) is 32.4 Å². The van der Waals surface area contributed by atoms with Gasteiger partial charge in [-0.1, -0.05) is 0 Å². The number of carbonyl (C=O) groups is 1. The lowest BCUT2D eigenvalue weighted by atomic mass is 9.87. The summed E-state index contributed by atoms with van der Waals surface area (Å²) in [6.07, 6.45) is 4.53. The van der Waals surface area contributed by atoms with E-state index in [1.807, 2.05) is 20.2 Å². The van der Waals surface area contributed by atoms with Crippen LogP contribution in [0.15, 0.2) is 6.20 Å². The first-order valence-corrected chi connectivity index (χ1v) is 6.16. The van der Waals surface area contributed by atoms with Crippen LogP contribution in [0.5, 0.6) is 0 Å². The number of aryl methyl sites for hydroxylation is 1. The maximum absolute atomic E-state index is 12.0. The van der Waals surface area contributed by atoms with Gasteiger partial charge in [-0.25, -0.2) is 0 Å². The fourth-order valence-corrected chi connectivity index (χ4v) is 2.13. The minimum Gasteiger partial charge on any atom is -0.354 e. The van der Waals surface area contributed by atoms with Gasteiger partial charge in [-0.15, -0.1) is 0 Å². The summed E-state index contributed by atoms with van der Waals surface area (Å²) in [4.78, 5) is 12.0. The molecule has 0 bridgehead atoms. The van der Waals surface area contributed by atoms with Gasteiger partial charge in [0.1, 0.15) is 0 Å². The second kappa shape index (κ2) is 5.31. The maximum atomic E-state index is 12.0. The fourth-order valence-electron chi connectivity index (χ4n) is 2.13. The van der Waals surface area contributed by atoms with Crippen molar-refractivity contribution in [1.82, 2.24) is 20.8 Å². The van der Waals surface area contributed by atoms with E-state index in [-0.39, 0.29) is 11.8 Å². The van der Waals surface area contributed by atoms with E-state index in [1.54, 1.807) is 0 Å². The lowest BCUT2D eigenvalue weighted by Gasteiger charge is -2.21. The number of H-pyrrole nitrogens is 1. The number of carbonyl (C=O) groups excluding carboxylic acids is 1. The molecule has 2 unspecified atom stereocenters. The zero-order chi connectivity index (χ0) is 12.3. The number of nitrogens with one attached hydrogen (secondary N) is 3. The molecule has 5 nitrogen and oxygen atoms in total. The highest BCUT2D eigenvalue weighted by Crippen LogP contribution is 2.23. The Labute approximate surface area is 101 Å². The van der Waals surface area contributed by atoms with Crippen LogP contribution in [-0.2, 0) is 17.6 Å². The van der Waals surface area contributed by atoms with Crippen LogP contribution >= 0.6 is 0 Å². The third-order valence-electron chi connectivity index (χ3n) is 3.47. The number of rotatable bonds is 4. The molecular weight excluding hydrogens is 216 g/mol. The Morgan fingerprint density at radius 1 is 1.71 bits per heavy atom. The van der Waals surface area contributed by atoms with E-state index in [2.05, 4.69) is 20.8 Å². The van der Waals surface area contributed by atoms with Crippen LogP contribution in [-0.4, -0.2) is 35.7 Å². The molecule has 2 rings (SSSR count). The van der Waals surface area contributed by atoms with Crippen LogP contribution in [0.3, 0.4) is 0 Å². The van der Waals surface area contributed by atoms with Crippen molar-refractivity contribution in [2.75, 3.05) is 13.6 Å². The first kappa shape index (κ1) is 12.1. The predicted octanol–water partition coefficient (Wildman–Crippen LogP) is 0.239. The molecule has 0 aliphatic heterocycles. The first-order chi connectivity index (χ1) is 8.20. The molecule has 0 radical (unpaired) electrons. The third-order valence-corrected chi connectivity index (χ3v) is 3.47. The third kappa shape index (κ3) is 2.85. The summed E-state index contributed by atoms with van der Waals surface area (Å²) in [7, 11) is 1.90. The molecule has 1 aromatic heterocycles. The number of aromatic nitrogens is 2. The van der Waals surface area contributed by atoms with Crippen molar-refractivity contribution in [3.63, 3.8) is 0 Å². The summed E-state index contributed by atoms with van der Waals surface area (Å²) in [5.74, 6) is 0.249. The Bertz CT molecular complexity index is 388. The van der Waals surface area contributed by atoms with E-state index < -0.39 is 0 Å². The van der Waals surface area contributed by atoms with Crippen LogP contribution in [0, 0.1) is 5.92 Å². The number of aromatic amines is 1. The van der Waals surface area contributed by atoms with Gasteiger partial charge in [0.05, 0.1) is 6.20 Å². The zero-order valence-corrected chi connectivity index (χ0v) is 10.4. The number of hydrogen-bond donors (Lipinski definition) is 3. The van der Waals surface area contributed by atoms with Crippen LogP contribution in [0.4, 0.5) is 0 Å². The van der Waals surface area contributed by atoms with Crippen LogP contribution in [0.2, 0.25) is 0 Å². The van der Waals surface area contributed by atoms with E-state index in [0.29, 0.717) is 12.6 Å². The monoisotopic (exact) mass is 236 g/mol. The summed E-state index contributed by atoms with van der Waals surface area (Å²) in [5.41, 5.74) is 2.38. The van der Waals surface area contributed by atoms with Crippen molar-refractivity contribution in [2.24, 2.45) is 5.92 Å². The highest BCUT2D eigenvalue weighted by Gasteiger charge is 2.25. The van der Waals surface area contributed by atoms with Crippen molar-refractivity contribution in [3.8, 4) is 0 Å². The molecule has 5 heteroatoms. The van der Waals surface area contributed by atoms with Crippen LogP contribution in [0.1, 0.15) is 24.6 Å². The molecular formula is C12H20N4O. The maximum Gasteiger partial charge on any atom is 0.223 e. The SMILES string of the molecule is CNC(C)CNC(=O)C1CCc2cn[nH]c2C1. The summed E-state index contributed by atoms with van der Waals surface area (Å²) in [5, 5.41) is 13.1. The number of likely N-dealkylation sites (N-methyl/N-ethyl adjacent to an activating group) is 1. The molecule has 3 N–H and O–H groups in total. The summed E-state index contributed by atoms with van der Waals surface area (Å²) in [6.45, 7) is 2.73. The van der Waals surface area contributed by atoms with Gasteiger partial charge in [-0.2, -0.15) is 5.10 Å².